The second-order valence-electron chi connectivity index (χ2n) is 7.80. The van der Waals surface area contributed by atoms with Crippen LogP contribution in [0.25, 0.3) is 0 Å². The third kappa shape index (κ3) is 9.19. The van der Waals surface area contributed by atoms with Gasteiger partial charge < -0.3 is 25.2 Å². The van der Waals surface area contributed by atoms with E-state index in [0.717, 1.165) is 44.9 Å². The quantitative estimate of drug-likeness (QED) is 0.270. The Bertz CT molecular complexity index is 438. The highest BCUT2D eigenvalue weighted by molar-refractivity contribution is 5.67. The zero-order valence-corrected chi connectivity index (χ0v) is 16.8. The van der Waals surface area contributed by atoms with Crippen LogP contribution in [0.2, 0.25) is 0 Å². The number of hydrogen-bond donors (Lipinski definition) is 4. The molecule has 158 valence electrons. The van der Waals surface area contributed by atoms with Crippen LogP contribution in [0.4, 0.5) is 0 Å². The minimum Gasteiger partial charge on any atom is -0.481 e. The molecule has 1 aliphatic carbocycles. The lowest BCUT2D eigenvalue weighted by atomic mass is 9.87. The fourth-order valence-corrected chi connectivity index (χ4v) is 3.98. The van der Waals surface area contributed by atoms with Gasteiger partial charge in [0, 0.05) is 19.4 Å². The first-order valence-electron chi connectivity index (χ1n) is 10.4. The normalized spacial score (nSPS) is 27.9. The van der Waals surface area contributed by atoms with Crippen molar-refractivity contribution in [3.8, 4) is 0 Å². The number of rotatable bonds is 14. The van der Waals surface area contributed by atoms with Gasteiger partial charge >= 0.3 is 5.97 Å². The number of carbonyl (C=O) groups is 1. The Morgan fingerprint density at radius 1 is 1.15 bits per heavy atom. The largest absolute Gasteiger partial charge is 0.481 e. The summed E-state index contributed by atoms with van der Waals surface area (Å²) in [6, 6.07) is 0. The lowest BCUT2D eigenvalue weighted by Crippen LogP contribution is -2.21. The van der Waals surface area contributed by atoms with Crippen LogP contribution in [0, 0.1) is 11.8 Å². The van der Waals surface area contributed by atoms with Crippen LogP contribution in [0.1, 0.15) is 71.1 Å². The van der Waals surface area contributed by atoms with Crippen molar-refractivity contribution in [2.75, 3.05) is 7.11 Å². The second-order valence-corrected chi connectivity index (χ2v) is 7.80. The van der Waals surface area contributed by atoms with E-state index in [2.05, 4.69) is 6.92 Å². The predicted octanol–water partition coefficient (Wildman–Crippen LogP) is 2.89. The molecular formula is C21H38O6. The molecule has 0 spiro atoms. The Balaban J connectivity index is 2.45. The molecule has 0 aromatic carbocycles. The fraction of sp³-hybridized carbons (Fsp3) is 0.857. The first kappa shape index (κ1) is 24.1. The van der Waals surface area contributed by atoms with Crippen molar-refractivity contribution in [1.29, 1.82) is 0 Å². The number of aliphatic hydroxyl groups is 3. The van der Waals surface area contributed by atoms with E-state index in [0.29, 0.717) is 12.8 Å². The zero-order chi connectivity index (χ0) is 20.2. The smallest absolute Gasteiger partial charge is 0.305 e. The third-order valence-electron chi connectivity index (χ3n) is 5.62. The maximum absolute atomic E-state index is 10.8. The van der Waals surface area contributed by atoms with Gasteiger partial charge in [0.25, 0.3) is 0 Å². The summed E-state index contributed by atoms with van der Waals surface area (Å²) < 4.78 is 5.19. The van der Waals surface area contributed by atoms with Gasteiger partial charge in [0.05, 0.1) is 30.8 Å². The van der Waals surface area contributed by atoms with E-state index in [1.54, 1.807) is 6.08 Å². The van der Waals surface area contributed by atoms with Gasteiger partial charge in [-0.1, -0.05) is 51.2 Å². The molecule has 0 aliphatic heterocycles. The molecule has 1 saturated carbocycles. The molecule has 0 unspecified atom stereocenters. The van der Waals surface area contributed by atoms with Crippen molar-refractivity contribution in [3.63, 3.8) is 0 Å². The van der Waals surface area contributed by atoms with Crippen LogP contribution in [0.5, 0.6) is 0 Å². The number of carboxylic acid groups (broad SMARTS) is 1. The molecule has 0 aromatic rings. The number of methoxy groups -OCH3 is 1. The van der Waals surface area contributed by atoms with Crippen LogP contribution >= 0.6 is 0 Å². The van der Waals surface area contributed by atoms with Crippen molar-refractivity contribution in [2.24, 2.45) is 11.8 Å². The topological polar surface area (TPSA) is 107 Å². The van der Waals surface area contributed by atoms with Gasteiger partial charge in [0.2, 0.25) is 0 Å². The summed E-state index contributed by atoms with van der Waals surface area (Å²) in [6.07, 6.45) is 9.14. The Morgan fingerprint density at radius 2 is 1.85 bits per heavy atom. The van der Waals surface area contributed by atoms with Crippen LogP contribution in [0.3, 0.4) is 0 Å². The Labute approximate surface area is 163 Å². The summed E-state index contributed by atoms with van der Waals surface area (Å²) in [6.45, 7) is 2.12. The molecular weight excluding hydrogens is 348 g/mol. The number of hydrogen-bond acceptors (Lipinski definition) is 5. The summed E-state index contributed by atoms with van der Waals surface area (Å²) in [5.41, 5.74) is 0. The highest BCUT2D eigenvalue weighted by Crippen LogP contribution is 2.37. The molecule has 6 heteroatoms. The summed E-state index contributed by atoms with van der Waals surface area (Å²) >= 11 is 0. The Kier molecular flexibility index (Phi) is 11.8. The molecule has 0 heterocycles. The zero-order valence-electron chi connectivity index (χ0n) is 16.8. The van der Waals surface area contributed by atoms with Crippen molar-refractivity contribution in [1.82, 2.24) is 0 Å². The molecule has 0 bridgehead atoms. The summed E-state index contributed by atoms with van der Waals surface area (Å²) in [7, 11) is 1.53. The first-order valence-corrected chi connectivity index (χ1v) is 10.4. The van der Waals surface area contributed by atoms with Crippen LogP contribution in [0.15, 0.2) is 12.2 Å². The highest BCUT2D eigenvalue weighted by Gasteiger charge is 2.39. The molecule has 6 nitrogen and oxygen atoms in total. The molecule has 4 N–H and O–H groups in total. The van der Waals surface area contributed by atoms with Crippen molar-refractivity contribution in [2.45, 2.75) is 95.5 Å². The Hall–Kier alpha value is -0.950. The van der Waals surface area contributed by atoms with E-state index in [1.165, 1.54) is 7.11 Å². The average molecular weight is 387 g/mol. The number of carboxylic acids is 1. The molecule has 0 saturated heterocycles. The molecule has 27 heavy (non-hydrogen) atoms. The SMILES string of the molecule is CCCCC[C@H](O)/C=C/[C@@H]1[C@@H](CCCC[C@@H](CC(=O)O)OC)[C@@H](O)C[C@H]1O. The van der Waals surface area contributed by atoms with E-state index in [4.69, 9.17) is 9.84 Å². The standard InChI is InChI=1S/C21H38O6/c1-3-4-5-8-15(22)11-12-18-17(19(23)14-20(18)24)10-7-6-9-16(27-2)13-21(25)26/h11-12,15-20,22-24H,3-10,13-14H2,1-2H3,(H,25,26)/b12-11+/t15-,16-,17+,18+,19-,20+/m0/s1. The van der Waals surface area contributed by atoms with E-state index in [1.807, 2.05) is 6.08 Å². The summed E-state index contributed by atoms with van der Waals surface area (Å²) in [4.78, 5) is 10.8. The highest BCUT2D eigenvalue weighted by atomic mass is 16.5. The number of ether oxygens (including phenoxy) is 1. The van der Waals surface area contributed by atoms with Gasteiger partial charge in [-0.15, -0.1) is 0 Å². The number of aliphatic hydroxyl groups excluding tert-OH is 3. The maximum atomic E-state index is 10.8. The molecule has 1 rings (SSSR count). The van der Waals surface area contributed by atoms with E-state index >= 15 is 0 Å². The van der Waals surface area contributed by atoms with Crippen molar-refractivity contribution < 1.29 is 30.0 Å². The average Bonchev–Trinajstić information content (AvgIpc) is 2.88. The second kappa shape index (κ2) is 13.3. The minimum atomic E-state index is -0.862. The van der Waals surface area contributed by atoms with Gasteiger partial charge in [-0.3, -0.25) is 4.79 Å². The molecule has 0 aromatic heterocycles. The minimum absolute atomic E-state index is 0.00253. The number of aliphatic carboxylic acids is 1. The van der Waals surface area contributed by atoms with Crippen molar-refractivity contribution >= 4 is 5.97 Å². The summed E-state index contributed by atoms with van der Waals surface area (Å²) in [5.74, 6) is -1.03. The first-order chi connectivity index (χ1) is 12.9. The Morgan fingerprint density at radius 3 is 2.48 bits per heavy atom. The van der Waals surface area contributed by atoms with Gasteiger partial charge in [0.15, 0.2) is 0 Å². The molecule has 6 atom stereocenters. The van der Waals surface area contributed by atoms with Crippen molar-refractivity contribution in [3.05, 3.63) is 12.2 Å². The van der Waals surface area contributed by atoms with E-state index < -0.39 is 24.3 Å². The van der Waals surface area contributed by atoms with Crippen LogP contribution < -0.4 is 0 Å². The monoisotopic (exact) mass is 386 g/mol. The lowest BCUT2D eigenvalue weighted by Gasteiger charge is -2.21. The van der Waals surface area contributed by atoms with Gasteiger partial charge in [0.1, 0.15) is 0 Å². The van der Waals surface area contributed by atoms with Crippen LogP contribution in [-0.4, -0.2) is 57.9 Å². The third-order valence-corrected chi connectivity index (χ3v) is 5.62. The van der Waals surface area contributed by atoms with Gasteiger partial charge in [-0.2, -0.15) is 0 Å². The molecule has 0 radical (unpaired) electrons. The van der Waals surface area contributed by atoms with E-state index in [9.17, 15) is 20.1 Å². The molecule has 0 amide bonds. The van der Waals surface area contributed by atoms with Gasteiger partial charge in [-0.05, 0) is 25.2 Å². The predicted molar refractivity (Wildman–Crippen MR) is 104 cm³/mol. The fourth-order valence-electron chi connectivity index (χ4n) is 3.98. The van der Waals surface area contributed by atoms with Crippen LogP contribution in [-0.2, 0) is 9.53 Å². The molecule has 1 aliphatic rings. The maximum Gasteiger partial charge on any atom is 0.305 e. The van der Waals surface area contributed by atoms with Gasteiger partial charge in [-0.25, -0.2) is 0 Å². The van der Waals surface area contributed by atoms with E-state index in [-0.39, 0.29) is 24.4 Å². The number of unbranched alkanes of at least 4 members (excludes halogenated alkanes) is 3. The lowest BCUT2D eigenvalue weighted by molar-refractivity contribution is -0.139. The molecule has 1 fully saturated rings. The summed E-state index contributed by atoms with van der Waals surface area (Å²) in [5, 5.41) is 39.4.